The van der Waals surface area contributed by atoms with Crippen molar-refractivity contribution in [2.24, 2.45) is 0 Å². The molecule has 3 aromatic rings. The minimum atomic E-state index is -0.399. The lowest BCUT2D eigenvalue weighted by atomic mass is 10.1. The summed E-state index contributed by atoms with van der Waals surface area (Å²) in [4.78, 5) is 13.4. The molecular formula is C18H17FN4O2. The van der Waals surface area contributed by atoms with Gasteiger partial charge in [0, 0.05) is 5.56 Å². The summed E-state index contributed by atoms with van der Waals surface area (Å²) in [6, 6.07) is 13.1. The van der Waals surface area contributed by atoms with Gasteiger partial charge in [0.05, 0.1) is 18.2 Å². The summed E-state index contributed by atoms with van der Waals surface area (Å²) in [5.74, 6) is -0.325. The lowest BCUT2D eigenvalue weighted by Gasteiger charge is -2.08. The topological polar surface area (TPSA) is 69.9 Å². The van der Waals surface area contributed by atoms with Gasteiger partial charge in [-0.2, -0.15) is 4.80 Å². The maximum atomic E-state index is 13.2. The number of nitrogens with zero attached hydrogens (tertiary/aromatic N) is 4. The summed E-state index contributed by atoms with van der Waals surface area (Å²) in [5, 5.41) is 12.3. The van der Waals surface area contributed by atoms with E-state index in [4.69, 9.17) is 4.74 Å². The van der Waals surface area contributed by atoms with Crippen LogP contribution in [0, 0.1) is 5.82 Å². The number of carbonyl (C=O) groups excluding carboxylic acids is 1. The fourth-order valence-electron chi connectivity index (χ4n) is 2.29. The van der Waals surface area contributed by atoms with E-state index in [1.165, 1.54) is 16.9 Å². The first-order valence-corrected chi connectivity index (χ1v) is 7.85. The van der Waals surface area contributed by atoms with Gasteiger partial charge in [-0.1, -0.05) is 24.3 Å². The van der Waals surface area contributed by atoms with E-state index in [-0.39, 0.29) is 11.9 Å². The molecule has 2 aromatic carbocycles. The Balaban J connectivity index is 1.79. The van der Waals surface area contributed by atoms with E-state index in [1.807, 2.05) is 0 Å². The summed E-state index contributed by atoms with van der Waals surface area (Å²) in [6.07, 6.45) is -0.193. The molecule has 1 aromatic heterocycles. The molecule has 0 N–H and O–H groups in total. The third kappa shape index (κ3) is 4.26. The first-order valence-electron chi connectivity index (χ1n) is 7.85. The Morgan fingerprint density at radius 1 is 1.20 bits per heavy atom. The van der Waals surface area contributed by atoms with E-state index in [0.29, 0.717) is 23.5 Å². The van der Waals surface area contributed by atoms with Crippen LogP contribution in [0.4, 0.5) is 4.39 Å². The van der Waals surface area contributed by atoms with Crippen LogP contribution in [0.3, 0.4) is 0 Å². The molecule has 0 atom stereocenters. The Bertz CT molecular complexity index is 892. The van der Waals surface area contributed by atoms with Gasteiger partial charge in [0.15, 0.2) is 0 Å². The molecule has 0 spiro atoms. The third-order valence-electron chi connectivity index (χ3n) is 3.37. The largest absolute Gasteiger partial charge is 0.459 e. The standard InChI is InChI=1S/C18H17FN4O2/c1-12(2)25-18(24)15-7-4-6-14(10-15)17-20-22-23(21-17)11-13-5-3-8-16(19)9-13/h3-10,12H,11H2,1-2H3. The molecule has 0 unspecified atom stereocenters. The van der Waals surface area contributed by atoms with Crippen LogP contribution in [0.2, 0.25) is 0 Å². The summed E-state index contributed by atoms with van der Waals surface area (Å²) >= 11 is 0. The zero-order valence-electron chi connectivity index (χ0n) is 13.9. The number of hydrogen-bond acceptors (Lipinski definition) is 5. The molecule has 0 saturated carbocycles. The number of benzene rings is 2. The fourth-order valence-corrected chi connectivity index (χ4v) is 2.29. The van der Waals surface area contributed by atoms with Gasteiger partial charge in [0.1, 0.15) is 5.82 Å². The van der Waals surface area contributed by atoms with E-state index in [2.05, 4.69) is 15.4 Å². The molecule has 0 aliphatic rings. The highest BCUT2D eigenvalue weighted by Crippen LogP contribution is 2.17. The number of tetrazole rings is 1. The molecular weight excluding hydrogens is 323 g/mol. The van der Waals surface area contributed by atoms with Crippen molar-refractivity contribution in [2.45, 2.75) is 26.5 Å². The predicted molar refractivity (Wildman–Crippen MR) is 89.3 cm³/mol. The van der Waals surface area contributed by atoms with Crippen molar-refractivity contribution in [3.05, 3.63) is 65.5 Å². The SMILES string of the molecule is CC(C)OC(=O)c1cccc(-c2nnn(Cc3cccc(F)c3)n2)c1. The van der Waals surface area contributed by atoms with Gasteiger partial charge in [-0.15, -0.1) is 10.2 Å². The molecule has 0 fully saturated rings. The van der Waals surface area contributed by atoms with Crippen LogP contribution < -0.4 is 0 Å². The Morgan fingerprint density at radius 3 is 2.76 bits per heavy atom. The van der Waals surface area contributed by atoms with Crippen LogP contribution in [0.1, 0.15) is 29.8 Å². The van der Waals surface area contributed by atoms with Crippen molar-refractivity contribution in [1.82, 2.24) is 20.2 Å². The van der Waals surface area contributed by atoms with E-state index in [9.17, 15) is 9.18 Å². The average Bonchev–Trinajstić information content (AvgIpc) is 3.03. The number of hydrogen-bond donors (Lipinski definition) is 0. The van der Waals surface area contributed by atoms with Crippen LogP contribution in [0.15, 0.2) is 48.5 Å². The van der Waals surface area contributed by atoms with Crippen LogP contribution >= 0.6 is 0 Å². The van der Waals surface area contributed by atoms with Gasteiger partial charge in [0.2, 0.25) is 5.82 Å². The zero-order chi connectivity index (χ0) is 17.8. The second-order valence-electron chi connectivity index (χ2n) is 5.81. The first-order chi connectivity index (χ1) is 12.0. The molecule has 7 heteroatoms. The van der Waals surface area contributed by atoms with Gasteiger partial charge < -0.3 is 4.74 Å². The van der Waals surface area contributed by atoms with Crippen molar-refractivity contribution in [3.8, 4) is 11.4 Å². The van der Waals surface area contributed by atoms with Crippen molar-refractivity contribution >= 4 is 5.97 Å². The molecule has 6 nitrogen and oxygen atoms in total. The number of rotatable bonds is 5. The van der Waals surface area contributed by atoms with Gasteiger partial charge in [-0.3, -0.25) is 0 Å². The lowest BCUT2D eigenvalue weighted by Crippen LogP contribution is -2.11. The van der Waals surface area contributed by atoms with Crippen molar-refractivity contribution in [3.63, 3.8) is 0 Å². The normalized spacial score (nSPS) is 10.9. The van der Waals surface area contributed by atoms with E-state index in [1.54, 1.807) is 50.2 Å². The highest BCUT2D eigenvalue weighted by atomic mass is 19.1. The first kappa shape index (κ1) is 16.8. The maximum absolute atomic E-state index is 13.2. The number of carbonyl (C=O) groups is 1. The number of aromatic nitrogens is 4. The zero-order valence-corrected chi connectivity index (χ0v) is 13.9. The Morgan fingerprint density at radius 2 is 2.00 bits per heavy atom. The quantitative estimate of drug-likeness (QED) is 0.668. The molecule has 0 bridgehead atoms. The summed E-state index contributed by atoms with van der Waals surface area (Å²) in [6.45, 7) is 3.89. The van der Waals surface area contributed by atoms with E-state index < -0.39 is 5.97 Å². The van der Waals surface area contributed by atoms with Gasteiger partial charge in [-0.25, -0.2) is 9.18 Å². The third-order valence-corrected chi connectivity index (χ3v) is 3.37. The van der Waals surface area contributed by atoms with Crippen LogP contribution in [-0.2, 0) is 11.3 Å². The minimum absolute atomic E-state index is 0.193. The fraction of sp³-hybridized carbons (Fsp3) is 0.222. The lowest BCUT2D eigenvalue weighted by molar-refractivity contribution is 0.0378. The maximum Gasteiger partial charge on any atom is 0.338 e. The molecule has 0 radical (unpaired) electrons. The highest BCUT2D eigenvalue weighted by Gasteiger charge is 2.12. The van der Waals surface area contributed by atoms with Crippen LogP contribution in [0.25, 0.3) is 11.4 Å². The van der Waals surface area contributed by atoms with E-state index in [0.717, 1.165) is 5.56 Å². The molecule has 3 rings (SSSR count). The number of ether oxygens (including phenoxy) is 1. The molecule has 0 aliphatic heterocycles. The summed E-state index contributed by atoms with van der Waals surface area (Å²) in [5.41, 5.74) is 1.81. The average molecular weight is 340 g/mol. The second kappa shape index (κ2) is 7.21. The molecule has 25 heavy (non-hydrogen) atoms. The summed E-state index contributed by atoms with van der Waals surface area (Å²) in [7, 11) is 0. The molecule has 0 saturated heterocycles. The molecule has 0 aliphatic carbocycles. The van der Waals surface area contributed by atoms with Gasteiger partial charge in [0.25, 0.3) is 0 Å². The molecule has 0 amide bonds. The van der Waals surface area contributed by atoms with Crippen molar-refractivity contribution < 1.29 is 13.9 Å². The molecule has 1 heterocycles. The Kier molecular flexibility index (Phi) is 4.83. The van der Waals surface area contributed by atoms with Gasteiger partial charge >= 0.3 is 5.97 Å². The van der Waals surface area contributed by atoms with Crippen LogP contribution in [-0.4, -0.2) is 32.3 Å². The Labute approximate surface area is 144 Å². The minimum Gasteiger partial charge on any atom is -0.459 e. The van der Waals surface area contributed by atoms with Gasteiger partial charge in [-0.05, 0) is 48.9 Å². The second-order valence-corrected chi connectivity index (χ2v) is 5.81. The number of esters is 1. The smallest absolute Gasteiger partial charge is 0.338 e. The summed E-state index contributed by atoms with van der Waals surface area (Å²) < 4.78 is 18.4. The van der Waals surface area contributed by atoms with E-state index >= 15 is 0 Å². The molecule has 128 valence electrons. The highest BCUT2D eigenvalue weighted by molar-refractivity contribution is 5.90. The van der Waals surface area contributed by atoms with Crippen LogP contribution in [0.5, 0.6) is 0 Å². The number of halogens is 1. The van der Waals surface area contributed by atoms with Crippen molar-refractivity contribution in [1.29, 1.82) is 0 Å². The Hall–Kier alpha value is -3.09. The van der Waals surface area contributed by atoms with Crippen molar-refractivity contribution in [2.75, 3.05) is 0 Å². The monoisotopic (exact) mass is 340 g/mol. The predicted octanol–water partition coefficient (Wildman–Crippen LogP) is 3.09.